The van der Waals surface area contributed by atoms with Crippen LogP contribution in [0.5, 0.6) is 0 Å². The van der Waals surface area contributed by atoms with Crippen LogP contribution in [0.1, 0.15) is 36.9 Å². The minimum atomic E-state index is -0.0401. The highest BCUT2D eigenvalue weighted by Gasteiger charge is 2.23. The van der Waals surface area contributed by atoms with Crippen molar-refractivity contribution in [3.8, 4) is 0 Å². The molecule has 0 bridgehead atoms. The molecular formula is C19H25N3O3. The maximum Gasteiger partial charge on any atom is 0.255 e. The lowest BCUT2D eigenvalue weighted by atomic mass is 10.2. The van der Waals surface area contributed by atoms with Crippen molar-refractivity contribution in [3.63, 3.8) is 0 Å². The molecule has 0 aliphatic carbocycles. The zero-order valence-corrected chi connectivity index (χ0v) is 15.0. The predicted octanol–water partition coefficient (Wildman–Crippen LogP) is 2.95. The molecular weight excluding hydrogens is 318 g/mol. The first-order valence-electron chi connectivity index (χ1n) is 8.75. The molecule has 1 aliphatic rings. The van der Waals surface area contributed by atoms with E-state index in [9.17, 15) is 4.79 Å². The van der Waals surface area contributed by atoms with Crippen LogP contribution < -0.4 is 4.90 Å². The molecule has 25 heavy (non-hydrogen) atoms. The number of furan rings is 1. The Morgan fingerprint density at radius 2 is 2.04 bits per heavy atom. The fraction of sp³-hybridized carbons (Fsp3) is 0.474. The Labute approximate surface area is 148 Å². The van der Waals surface area contributed by atoms with Crippen LogP contribution in [-0.2, 0) is 11.3 Å². The summed E-state index contributed by atoms with van der Waals surface area (Å²) in [5, 5.41) is 0. The molecule has 6 nitrogen and oxygen atoms in total. The van der Waals surface area contributed by atoms with E-state index in [1.807, 2.05) is 31.2 Å². The summed E-state index contributed by atoms with van der Waals surface area (Å²) in [6.45, 7) is 8.78. The number of aromatic nitrogens is 1. The molecule has 3 heterocycles. The molecule has 0 spiro atoms. The van der Waals surface area contributed by atoms with Gasteiger partial charge >= 0.3 is 0 Å². The van der Waals surface area contributed by atoms with Crippen molar-refractivity contribution < 1.29 is 13.9 Å². The van der Waals surface area contributed by atoms with Gasteiger partial charge in [-0.15, -0.1) is 0 Å². The third-order valence-electron chi connectivity index (χ3n) is 4.33. The molecule has 0 aromatic carbocycles. The summed E-state index contributed by atoms with van der Waals surface area (Å²) < 4.78 is 11.1. The lowest BCUT2D eigenvalue weighted by Gasteiger charge is -2.36. The zero-order valence-electron chi connectivity index (χ0n) is 15.0. The number of carbonyl (C=O) groups excluding carboxylic acids is 1. The highest BCUT2D eigenvalue weighted by molar-refractivity contribution is 5.94. The number of amides is 1. The van der Waals surface area contributed by atoms with Crippen molar-refractivity contribution >= 4 is 11.7 Å². The van der Waals surface area contributed by atoms with Gasteiger partial charge in [0, 0.05) is 25.8 Å². The van der Waals surface area contributed by atoms with E-state index in [2.05, 4.69) is 23.7 Å². The first-order chi connectivity index (χ1) is 12.1. The maximum absolute atomic E-state index is 12.7. The normalized spacial score (nSPS) is 20.5. The molecule has 0 N–H and O–H groups in total. The Hall–Kier alpha value is -2.34. The Balaban J connectivity index is 1.69. The van der Waals surface area contributed by atoms with Gasteiger partial charge < -0.3 is 19.0 Å². The van der Waals surface area contributed by atoms with E-state index in [0.717, 1.165) is 24.7 Å². The third kappa shape index (κ3) is 4.20. The second-order valence-electron chi connectivity index (χ2n) is 6.47. The van der Waals surface area contributed by atoms with E-state index in [0.29, 0.717) is 18.7 Å². The van der Waals surface area contributed by atoms with Crippen LogP contribution in [0.15, 0.2) is 41.1 Å². The smallest absolute Gasteiger partial charge is 0.255 e. The second kappa shape index (κ2) is 7.70. The fourth-order valence-electron chi connectivity index (χ4n) is 3.17. The van der Waals surface area contributed by atoms with Gasteiger partial charge in [-0.3, -0.25) is 4.79 Å². The van der Waals surface area contributed by atoms with Gasteiger partial charge in [-0.25, -0.2) is 4.98 Å². The topological polar surface area (TPSA) is 58.8 Å². The largest absolute Gasteiger partial charge is 0.467 e. The van der Waals surface area contributed by atoms with E-state index in [-0.39, 0.29) is 18.1 Å². The van der Waals surface area contributed by atoms with Gasteiger partial charge in [-0.2, -0.15) is 0 Å². The van der Waals surface area contributed by atoms with Gasteiger partial charge in [-0.1, -0.05) is 0 Å². The first-order valence-corrected chi connectivity index (χ1v) is 8.75. The molecule has 2 atom stereocenters. The summed E-state index contributed by atoms with van der Waals surface area (Å²) in [6.07, 6.45) is 3.63. The van der Waals surface area contributed by atoms with Crippen molar-refractivity contribution in [2.75, 3.05) is 24.5 Å². The van der Waals surface area contributed by atoms with E-state index in [1.54, 1.807) is 17.4 Å². The molecule has 2 aromatic heterocycles. The number of morpholine rings is 1. The Morgan fingerprint density at radius 3 is 2.60 bits per heavy atom. The highest BCUT2D eigenvalue weighted by atomic mass is 16.5. The van der Waals surface area contributed by atoms with Gasteiger partial charge in [0.1, 0.15) is 11.6 Å². The third-order valence-corrected chi connectivity index (χ3v) is 4.33. The van der Waals surface area contributed by atoms with Crippen molar-refractivity contribution in [2.24, 2.45) is 0 Å². The molecule has 0 saturated carbocycles. The zero-order chi connectivity index (χ0) is 17.8. The lowest BCUT2D eigenvalue weighted by molar-refractivity contribution is -0.00546. The minimum Gasteiger partial charge on any atom is -0.467 e. The summed E-state index contributed by atoms with van der Waals surface area (Å²) in [6, 6.07) is 7.46. The molecule has 134 valence electrons. The second-order valence-corrected chi connectivity index (χ2v) is 6.47. The maximum atomic E-state index is 12.7. The average molecular weight is 343 g/mol. The van der Waals surface area contributed by atoms with Crippen molar-refractivity contribution in [1.82, 2.24) is 9.88 Å². The summed E-state index contributed by atoms with van der Waals surface area (Å²) in [5.41, 5.74) is 0.589. The number of ether oxygens (including phenoxy) is 1. The predicted molar refractivity (Wildman–Crippen MR) is 95.6 cm³/mol. The van der Waals surface area contributed by atoms with Crippen LogP contribution in [0.2, 0.25) is 0 Å². The number of anilines is 1. The number of hydrogen-bond acceptors (Lipinski definition) is 5. The van der Waals surface area contributed by atoms with Gasteiger partial charge in [0.25, 0.3) is 5.91 Å². The van der Waals surface area contributed by atoms with Crippen molar-refractivity contribution in [2.45, 2.75) is 39.5 Å². The highest BCUT2D eigenvalue weighted by Crippen LogP contribution is 2.19. The minimum absolute atomic E-state index is 0.0401. The molecule has 0 radical (unpaired) electrons. The Morgan fingerprint density at radius 1 is 1.28 bits per heavy atom. The summed E-state index contributed by atoms with van der Waals surface area (Å²) in [7, 11) is 0. The summed E-state index contributed by atoms with van der Waals surface area (Å²) in [5.74, 6) is 1.62. The number of carbonyl (C=O) groups is 1. The number of nitrogens with zero attached hydrogens (tertiary/aromatic N) is 3. The number of hydrogen-bond donors (Lipinski definition) is 0. The average Bonchev–Trinajstić information content (AvgIpc) is 3.11. The Kier molecular flexibility index (Phi) is 5.38. The molecule has 1 saturated heterocycles. The van der Waals surface area contributed by atoms with E-state index in [4.69, 9.17) is 9.15 Å². The molecule has 1 fully saturated rings. The first kappa shape index (κ1) is 17.5. The molecule has 6 heteroatoms. The van der Waals surface area contributed by atoms with Gasteiger partial charge in [0.05, 0.1) is 30.6 Å². The summed E-state index contributed by atoms with van der Waals surface area (Å²) in [4.78, 5) is 21.2. The molecule has 3 rings (SSSR count). The van der Waals surface area contributed by atoms with Gasteiger partial charge in [0.2, 0.25) is 0 Å². The molecule has 2 aromatic rings. The van der Waals surface area contributed by atoms with Crippen LogP contribution in [0.4, 0.5) is 5.82 Å². The van der Waals surface area contributed by atoms with Gasteiger partial charge in [-0.05, 0) is 45.0 Å². The van der Waals surface area contributed by atoms with Gasteiger partial charge in [0.15, 0.2) is 0 Å². The van der Waals surface area contributed by atoms with Crippen LogP contribution in [-0.4, -0.2) is 47.6 Å². The lowest BCUT2D eigenvalue weighted by Crippen LogP contribution is -2.45. The van der Waals surface area contributed by atoms with E-state index >= 15 is 0 Å². The molecule has 1 aliphatic heterocycles. The monoisotopic (exact) mass is 343 g/mol. The van der Waals surface area contributed by atoms with Crippen LogP contribution in [0.25, 0.3) is 0 Å². The Bertz CT molecular complexity index is 674. The van der Waals surface area contributed by atoms with Crippen LogP contribution >= 0.6 is 0 Å². The number of rotatable bonds is 5. The van der Waals surface area contributed by atoms with Crippen molar-refractivity contribution in [3.05, 3.63) is 48.0 Å². The number of pyridine rings is 1. The van der Waals surface area contributed by atoms with Crippen LogP contribution in [0, 0.1) is 0 Å². The SMILES string of the molecule is CCN(Cc1ccco1)C(=O)c1ccc(N2C[C@@H](C)O[C@@H](C)C2)nc1. The van der Waals surface area contributed by atoms with Crippen LogP contribution in [0.3, 0.4) is 0 Å². The summed E-state index contributed by atoms with van der Waals surface area (Å²) >= 11 is 0. The quantitative estimate of drug-likeness (QED) is 0.835. The van der Waals surface area contributed by atoms with Crippen molar-refractivity contribution in [1.29, 1.82) is 0 Å². The fourth-order valence-corrected chi connectivity index (χ4v) is 3.17. The molecule has 0 unspecified atom stereocenters. The standard InChI is InChI=1S/C19H25N3O3/c1-4-21(13-17-6-5-9-24-17)19(23)16-7-8-18(20-10-16)22-11-14(2)25-15(3)12-22/h5-10,14-15H,4,11-13H2,1-3H3/t14-,15+. The molecule has 1 amide bonds. The van der Waals surface area contributed by atoms with E-state index < -0.39 is 0 Å². The van der Waals surface area contributed by atoms with E-state index in [1.165, 1.54) is 0 Å².